The van der Waals surface area contributed by atoms with Crippen LogP contribution in [0.15, 0.2) is 48.7 Å². The van der Waals surface area contributed by atoms with Crippen molar-refractivity contribution >= 4 is 47.3 Å². The minimum atomic E-state index is -1.74. The van der Waals surface area contributed by atoms with E-state index >= 15 is 0 Å². The smallest absolute Gasteiger partial charge is 0.333 e. The lowest BCUT2D eigenvalue weighted by Gasteiger charge is -2.37. The molecule has 0 spiro atoms. The Morgan fingerprint density at radius 2 is 1.52 bits per heavy atom. The number of ether oxygens (including phenoxy) is 1. The molecule has 1 aromatic heterocycles. The van der Waals surface area contributed by atoms with Gasteiger partial charge in [-0.2, -0.15) is 0 Å². The summed E-state index contributed by atoms with van der Waals surface area (Å²) in [6.07, 6.45) is -1.52. The number of likely N-dealkylation sites (N-methyl/N-ethyl adjacent to an activating group) is 3. The Balaban J connectivity index is 1.86. The summed E-state index contributed by atoms with van der Waals surface area (Å²) in [5, 5.41) is 29.1. The van der Waals surface area contributed by atoms with E-state index in [9.17, 15) is 48.6 Å². The lowest BCUT2D eigenvalue weighted by Crippen LogP contribution is -2.60. The first-order valence-corrected chi connectivity index (χ1v) is 21.1. The highest BCUT2D eigenvalue weighted by Gasteiger charge is 2.45. The minimum absolute atomic E-state index is 0.0335. The lowest BCUT2D eigenvalue weighted by molar-refractivity contribution is -0.161. The molecule has 4 rings (SSSR count). The van der Waals surface area contributed by atoms with Crippen LogP contribution < -0.4 is 16.0 Å². The summed E-state index contributed by atoms with van der Waals surface area (Å²) in [5.41, 5.74) is -0.145. The fourth-order valence-electron chi connectivity index (χ4n) is 7.82. The summed E-state index contributed by atoms with van der Waals surface area (Å²) < 4.78 is 5.91. The monoisotopic (exact) mass is 878 g/mol. The van der Waals surface area contributed by atoms with Gasteiger partial charge in [0.1, 0.15) is 42.1 Å². The van der Waals surface area contributed by atoms with Crippen LogP contribution in [0.4, 0.5) is 0 Å². The molecule has 2 aliphatic heterocycles. The van der Waals surface area contributed by atoms with E-state index in [1.165, 1.54) is 58.2 Å². The molecule has 0 bridgehead atoms. The fraction of sp³-hybridized carbons (Fsp3) is 0.568. The Morgan fingerprint density at radius 1 is 0.873 bits per heavy atom. The molecule has 2 unspecified atom stereocenters. The summed E-state index contributed by atoms with van der Waals surface area (Å²) in [6, 6.07) is 2.60. The highest BCUT2D eigenvalue weighted by atomic mass is 16.5. The number of aliphatic hydroxyl groups is 1. The van der Waals surface area contributed by atoms with E-state index in [0.717, 1.165) is 14.7 Å². The third kappa shape index (κ3) is 11.9. The van der Waals surface area contributed by atoms with E-state index in [1.54, 1.807) is 51.1 Å². The highest BCUT2D eigenvalue weighted by Crippen LogP contribution is 2.26. The number of hydrogen-bond donors (Lipinski definition) is 5. The largest absolute Gasteiger partial charge is 0.505 e. The van der Waals surface area contributed by atoms with Gasteiger partial charge in [-0.1, -0.05) is 65.0 Å². The second-order valence-electron chi connectivity index (χ2n) is 17.3. The summed E-state index contributed by atoms with van der Waals surface area (Å²) in [6.45, 7) is 11.1. The molecule has 0 aliphatic carbocycles. The zero-order chi connectivity index (χ0) is 47.0. The minimum Gasteiger partial charge on any atom is -0.505 e. The normalized spacial score (nSPS) is 27.0. The molecule has 1 aromatic carbocycles. The van der Waals surface area contributed by atoms with E-state index in [4.69, 9.17) is 4.74 Å². The number of fused-ring (bicyclic) bond motifs is 1. The number of esters is 1. The SMILES string of the molecule is CC(C)C[C@H]1NC(=O)[C@@H](NC(=O)c2ncccc2O)[C@@H](C)OC(=O)[C@H](c2ccccc2)N(C)C(=O)[C@H](C)NC(=O)C(C(C)C(C)C)N(C)C(=O)CN(C)C(=O)[C@H]2C[C@@H](O)CN2C1=O. The van der Waals surface area contributed by atoms with Gasteiger partial charge in [0.2, 0.25) is 35.4 Å². The number of pyridine rings is 1. The molecule has 3 heterocycles. The number of carbonyl (C=O) groups excluding carboxylic acids is 8. The number of aliphatic hydroxyl groups excluding tert-OH is 1. The summed E-state index contributed by atoms with van der Waals surface area (Å²) in [5.74, 6) is -7.75. The first-order valence-electron chi connectivity index (χ1n) is 21.1. The number of aromatic nitrogens is 1. The van der Waals surface area contributed by atoms with Crippen molar-refractivity contribution in [3.05, 3.63) is 59.9 Å². The number of rotatable bonds is 7. The van der Waals surface area contributed by atoms with Gasteiger partial charge in [0.25, 0.3) is 5.91 Å². The predicted octanol–water partition coefficient (Wildman–Crippen LogP) is 0.606. The molecule has 19 heteroatoms. The Bertz CT molecular complexity index is 2020. The van der Waals surface area contributed by atoms with Crippen LogP contribution in [0, 0.1) is 17.8 Å². The lowest BCUT2D eigenvalue weighted by atomic mass is 9.88. The average molecular weight is 879 g/mol. The maximum absolute atomic E-state index is 14.5. The Kier molecular flexibility index (Phi) is 16.8. The number of nitrogens with one attached hydrogen (secondary N) is 3. The van der Waals surface area contributed by atoms with Crippen molar-refractivity contribution in [2.45, 2.75) is 110 Å². The van der Waals surface area contributed by atoms with Crippen LogP contribution in [0.25, 0.3) is 0 Å². The van der Waals surface area contributed by atoms with Crippen LogP contribution in [-0.2, 0) is 38.3 Å². The maximum atomic E-state index is 14.5. The molecular weight excluding hydrogens is 817 g/mol. The van der Waals surface area contributed by atoms with Crippen LogP contribution in [0.2, 0.25) is 0 Å². The molecule has 0 radical (unpaired) electrons. The van der Waals surface area contributed by atoms with Gasteiger partial charge in [-0.15, -0.1) is 0 Å². The Hall–Kier alpha value is -6.11. The molecule has 2 fully saturated rings. The quantitative estimate of drug-likeness (QED) is 0.240. The summed E-state index contributed by atoms with van der Waals surface area (Å²) in [4.78, 5) is 122. The van der Waals surface area contributed by atoms with Gasteiger partial charge in [-0.25, -0.2) is 9.78 Å². The topological polar surface area (TPSA) is 248 Å². The van der Waals surface area contributed by atoms with Crippen molar-refractivity contribution in [3.63, 3.8) is 0 Å². The highest BCUT2D eigenvalue weighted by molar-refractivity contribution is 6.00. The number of nitrogens with zero attached hydrogens (tertiary/aromatic N) is 5. The zero-order valence-corrected chi connectivity index (χ0v) is 37.6. The third-order valence-corrected chi connectivity index (χ3v) is 11.7. The second-order valence-corrected chi connectivity index (χ2v) is 17.3. The molecule has 2 saturated heterocycles. The van der Waals surface area contributed by atoms with Crippen molar-refractivity contribution in [1.82, 2.24) is 40.5 Å². The molecule has 344 valence electrons. The molecule has 19 nitrogen and oxygen atoms in total. The summed E-state index contributed by atoms with van der Waals surface area (Å²) >= 11 is 0. The Morgan fingerprint density at radius 3 is 2.13 bits per heavy atom. The van der Waals surface area contributed by atoms with E-state index in [0.29, 0.717) is 5.56 Å². The van der Waals surface area contributed by atoms with Crippen LogP contribution in [-0.4, -0.2) is 159 Å². The molecule has 63 heavy (non-hydrogen) atoms. The second kappa shape index (κ2) is 21.3. The number of aromatic hydroxyl groups is 1. The number of amides is 7. The standard InChI is InChI=1S/C44H62N8O11/c1-23(2)19-30-42(60)52-21-29(53)20-31(52)43(61)49(8)22-33(55)50(9)36(25(5)24(3)4)40(58)46-26(6)41(59)51(10)37(28-15-12-11-13-16-28)44(62)63-27(7)34(38(56)47-30)48-39(57)35-32(54)17-14-18-45-35/h11-18,23-27,29-31,34,36-37,53-54H,19-22H2,1-10H3,(H,46,58)(H,47,56)(H,48,57)/t25?,26-,27+,29+,30+,31+,34-,36?,37-/m0/s1. The average Bonchev–Trinajstić information content (AvgIpc) is 3.62. The Labute approximate surface area is 367 Å². The van der Waals surface area contributed by atoms with Gasteiger partial charge in [0, 0.05) is 40.3 Å². The molecule has 9 atom stereocenters. The van der Waals surface area contributed by atoms with Gasteiger partial charge >= 0.3 is 5.97 Å². The van der Waals surface area contributed by atoms with Crippen molar-refractivity contribution in [2.24, 2.45) is 17.8 Å². The van der Waals surface area contributed by atoms with Crippen molar-refractivity contribution < 1.29 is 53.3 Å². The van der Waals surface area contributed by atoms with Gasteiger partial charge in [0.15, 0.2) is 11.7 Å². The van der Waals surface area contributed by atoms with Crippen LogP contribution in [0.1, 0.15) is 83.4 Å². The van der Waals surface area contributed by atoms with Crippen molar-refractivity contribution in [2.75, 3.05) is 34.2 Å². The van der Waals surface area contributed by atoms with Gasteiger partial charge in [-0.05, 0) is 55.7 Å². The van der Waals surface area contributed by atoms with E-state index < -0.39 is 120 Å². The van der Waals surface area contributed by atoms with Crippen molar-refractivity contribution in [1.29, 1.82) is 0 Å². The molecule has 5 N–H and O–H groups in total. The summed E-state index contributed by atoms with van der Waals surface area (Å²) in [7, 11) is 4.13. The van der Waals surface area contributed by atoms with E-state index in [-0.39, 0.29) is 31.2 Å². The first kappa shape index (κ1) is 49.5. The van der Waals surface area contributed by atoms with Crippen molar-refractivity contribution in [3.8, 4) is 5.75 Å². The van der Waals surface area contributed by atoms with Gasteiger partial charge < -0.3 is 50.5 Å². The number of carbonyl (C=O) groups is 8. The number of benzene rings is 1. The van der Waals surface area contributed by atoms with Crippen LogP contribution >= 0.6 is 0 Å². The van der Waals surface area contributed by atoms with E-state index in [1.807, 2.05) is 13.8 Å². The molecule has 2 aliphatic rings. The van der Waals surface area contributed by atoms with Gasteiger partial charge in [-0.3, -0.25) is 33.6 Å². The molecule has 0 saturated carbocycles. The molecule has 2 aromatic rings. The van der Waals surface area contributed by atoms with Gasteiger partial charge in [0.05, 0.1) is 12.6 Å². The number of cyclic esters (lactones) is 1. The predicted molar refractivity (Wildman–Crippen MR) is 228 cm³/mol. The van der Waals surface area contributed by atoms with E-state index in [2.05, 4.69) is 20.9 Å². The fourth-order valence-corrected chi connectivity index (χ4v) is 7.82. The zero-order valence-electron chi connectivity index (χ0n) is 37.6. The molecule has 7 amide bonds. The number of hydrogen-bond acceptors (Lipinski definition) is 12. The van der Waals surface area contributed by atoms with Crippen LogP contribution in [0.5, 0.6) is 5.75 Å². The first-order chi connectivity index (χ1) is 29.5. The molecular formula is C44H62N8O11. The van der Waals surface area contributed by atoms with Crippen LogP contribution in [0.3, 0.4) is 0 Å². The maximum Gasteiger partial charge on any atom is 0.333 e. The third-order valence-electron chi connectivity index (χ3n) is 11.7.